The van der Waals surface area contributed by atoms with Gasteiger partial charge >= 0.3 is 5.97 Å². The quantitative estimate of drug-likeness (QED) is 0.818. The lowest BCUT2D eigenvalue weighted by Crippen LogP contribution is -2.42. The van der Waals surface area contributed by atoms with Crippen LogP contribution in [0.4, 0.5) is 0 Å². The van der Waals surface area contributed by atoms with Crippen LogP contribution in [0, 0.1) is 12.3 Å². The van der Waals surface area contributed by atoms with Gasteiger partial charge in [-0.05, 0) is 49.6 Å². The van der Waals surface area contributed by atoms with Crippen molar-refractivity contribution < 1.29 is 14.7 Å². The van der Waals surface area contributed by atoms with Crippen LogP contribution in [0.5, 0.6) is 0 Å². The lowest BCUT2D eigenvalue weighted by molar-refractivity contribution is -0.149. The molecule has 0 aliphatic rings. The second-order valence-corrected chi connectivity index (χ2v) is 5.93. The Labute approximate surface area is 141 Å². The number of aryl methyl sites for hydroxylation is 1. The molecule has 0 aliphatic carbocycles. The van der Waals surface area contributed by atoms with Crippen molar-refractivity contribution in [2.75, 3.05) is 6.54 Å². The van der Waals surface area contributed by atoms with Crippen molar-refractivity contribution in [1.82, 2.24) is 15.1 Å². The standard InChI is InChI=1S/C18H23N3O3/c1-4-18(5-2,17(23)24)12-19-16(22)14-7-8-15(13(3)11-14)21-10-6-9-20-21/h6-11H,4-5,12H2,1-3H3,(H,19,22)(H,23,24). The van der Waals surface area contributed by atoms with Crippen LogP contribution < -0.4 is 5.32 Å². The van der Waals surface area contributed by atoms with E-state index in [2.05, 4.69) is 10.4 Å². The molecular formula is C18H23N3O3. The minimum absolute atomic E-state index is 0.119. The van der Waals surface area contributed by atoms with E-state index in [9.17, 15) is 14.7 Å². The molecule has 24 heavy (non-hydrogen) atoms. The third-order valence-corrected chi connectivity index (χ3v) is 4.60. The minimum Gasteiger partial charge on any atom is -0.481 e. The Hall–Kier alpha value is -2.63. The molecule has 2 N–H and O–H groups in total. The average molecular weight is 329 g/mol. The number of carboxylic acids is 1. The number of aliphatic carboxylic acids is 1. The molecule has 1 aromatic carbocycles. The zero-order valence-electron chi connectivity index (χ0n) is 14.2. The van der Waals surface area contributed by atoms with Crippen molar-refractivity contribution in [3.63, 3.8) is 0 Å². The molecule has 0 saturated heterocycles. The summed E-state index contributed by atoms with van der Waals surface area (Å²) in [6.45, 7) is 5.68. The van der Waals surface area contributed by atoms with Gasteiger partial charge in [-0.1, -0.05) is 13.8 Å². The van der Waals surface area contributed by atoms with Crippen LogP contribution in [-0.2, 0) is 4.79 Å². The van der Waals surface area contributed by atoms with Gasteiger partial charge in [-0.25, -0.2) is 4.68 Å². The van der Waals surface area contributed by atoms with E-state index < -0.39 is 11.4 Å². The summed E-state index contributed by atoms with van der Waals surface area (Å²) in [5.74, 6) is -1.14. The fourth-order valence-corrected chi connectivity index (χ4v) is 2.69. The largest absolute Gasteiger partial charge is 0.481 e. The monoisotopic (exact) mass is 329 g/mol. The van der Waals surface area contributed by atoms with Crippen molar-refractivity contribution in [3.8, 4) is 5.69 Å². The second-order valence-electron chi connectivity index (χ2n) is 5.93. The van der Waals surface area contributed by atoms with Gasteiger partial charge in [0.2, 0.25) is 0 Å². The highest BCUT2D eigenvalue weighted by atomic mass is 16.4. The summed E-state index contributed by atoms with van der Waals surface area (Å²) < 4.78 is 1.74. The first-order valence-corrected chi connectivity index (χ1v) is 8.05. The van der Waals surface area contributed by atoms with Crippen molar-refractivity contribution in [1.29, 1.82) is 0 Å². The first-order valence-electron chi connectivity index (χ1n) is 8.05. The zero-order valence-corrected chi connectivity index (χ0v) is 14.2. The van der Waals surface area contributed by atoms with Gasteiger partial charge < -0.3 is 10.4 Å². The van der Waals surface area contributed by atoms with Gasteiger partial charge in [0, 0.05) is 24.5 Å². The highest BCUT2D eigenvalue weighted by molar-refractivity contribution is 5.95. The van der Waals surface area contributed by atoms with E-state index in [1.165, 1.54) is 0 Å². The molecule has 1 heterocycles. The van der Waals surface area contributed by atoms with Gasteiger partial charge in [0.1, 0.15) is 0 Å². The third kappa shape index (κ3) is 3.48. The lowest BCUT2D eigenvalue weighted by atomic mass is 9.82. The molecule has 0 spiro atoms. The Kier molecular flexibility index (Phi) is 5.39. The number of hydrogen-bond acceptors (Lipinski definition) is 3. The summed E-state index contributed by atoms with van der Waals surface area (Å²) in [6, 6.07) is 7.18. The van der Waals surface area contributed by atoms with Crippen molar-refractivity contribution in [3.05, 3.63) is 47.8 Å². The smallest absolute Gasteiger partial charge is 0.311 e. The van der Waals surface area contributed by atoms with Crippen molar-refractivity contribution >= 4 is 11.9 Å². The van der Waals surface area contributed by atoms with Crippen LogP contribution in [0.3, 0.4) is 0 Å². The van der Waals surface area contributed by atoms with Crippen LogP contribution in [0.2, 0.25) is 0 Å². The molecule has 2 rings (SSSR count). The van der Waals surface area contributed by atoms with Gasteiger partial charge in [0.25, 0.3) is 5.91 Å². The van der Waals surface area contributed by atoms with Gasteiger partial charge in [0.15, 0.2) is 0 Å². The minimum atomic E-state index is -0.917. The fourth-order valence-electron chi connectivity index (χ4n) is 2.69. The molecule has 6 heteroatoms. The summed E-state index contributed by atoms with van der Waals surface area (Å²) in [7, 11) is 0. The molecule has 1 amide bonds. The molecule has 2 aromatic rings. The summed E-state index contributed by atoms with van der Waals surface area (Å²) in [5.41, 5.74) is 1.41. The predicted octanol–water partition coefficient (Wildman–Crippen LogP) is 2.80. The van der Waals surface area contributed by atoms with E-state index >= 15 is 0 Å². The zero-order chi connectivity index (χ0) is 17.7. The molecular weight excluding hydrogens is 306 g/mol. The van der Waals surface area contributed by atoms with Crippen LogP contribution in [0.25, 0.3) is 5.69 Å². The number of rotatable bonds is 7. The molecule has 128 valence electrons. The van der Waals surface area contributed by atoms with E-state index in [0.29, 0.717) is 18.4 Å². The maximum absolute atomic E-state index is 12.4. The van der Waals surface area contributed by atoms with E-state index in [0.717, 1.165) is 11.3 Å². The molecule has 0 aliphatic heterocycles. The summed E-state index contributed by atoms with van der Waals surface area (Å²) in [5, 5.41) is 16.4. The second kappa shape index (κ2) is 7.29. The van der Waals surface area contributed by atoms with Crippen LogP contribution in [0.15, 0.2) is 36.7 Å². The normalized spacial score (nSPS) is 11.3. The molecule has 0 bridgehead atoms. The summed E-state index contributed by atoms with van der Waals surface area (Å²) in [4.78, 5) is 23.9. The number of carboxylic acid groups (broad SMARTS) is 1. The Bertz CT molecular complexity index is 719. The highest BCUT2D eigenvalue weighted by Crippen LogP contribution is 2.26. The molecule has 0 fully saturated rings. The Balaban J connectivity index is 2.13. The number of nitrogens with one attached hydrogen (secondary N) is 1. The molecule has 0 unspecified atom stereocenters. The van der Waals surface area contributed by atoms with E-state index in [4.69, 9.17) is 0 Å². The Morgan fingerprint density at radius 3 is 2.50 bits per heavy atom. The van der Waals surface area contributed by atoms with Gasteiger partial charge in [-0.3, -0.25) is 9.59 Å². The maximum Gasteiger partial charge on any atom is 0.311 e. The van der Waals surface area contributed by atoms with Crippen LogP contribution in [0.1, 0.15) is 42.6 Å². The fraction of sp³-hybridized carbons (Fsp3) is 0.389. The molecule has 0 atom stereocenters. The van der Waals surface area contributed by atoms with Gasteiger partial charge in [0.05, 0.1) is 11.1 Å². The number of aromatic nitrogens is 2. The molecule has 0 radical (unpaired) electrons. The summed E-state index contributed by atoms with van der Waals surface area (Å²) in [6.07, 6.45) is 4.47. The topological polar surface area (TPSA) is 84.2 Å². The first kappa shape index (κ1) is 17.7. The molecule has 6 nitrogen and oxygen atoms in total. The van der Waals surface area contributed by atoms with Crippen molar-refractivity contribution in [2.24, 2.45) is 5.41 Å². The number of benzene rings is 1. The van der Waals surface area contributed by atoms with Gasteiger partial charge in [-0.2, -0.15) is 5.10 Å². The maximum atomic E-state index is 12.4. The van der Waals surface area contributed by atoms with Crippen molar-refractivity contribution in [2.45, 2.75) is 33.6 Å². The Morgan fingerprint density at radius 1 is 1.29 bits per heavy atom. The Morgan fingerprint density at radius 2 is 2.00 bits per heavy atom. The average Bonchev–Trinajstić information content (AvgIpc) is 3.09. The highest BCUT2D eigenvalue weighted by Gasteiger charge is 2.35. The SMILES string of the molecule is CCC(CC)(CNC(=O)c1ccc(-n2cccn2)c(C)c1)C(=O)O. The number of hydrogen-bond donors (Lipinski definition) is 2. The van der Waals surface area contributed by atoms with Crippen LogP contribution in [-0.4, -0.2) is 33.3 Å². The number of carbonyl (C=O) groups is 2. The van der Waals surface area contributed by atoms with E-state index in [1.807, 2.05) is 39.1 Å². The number of nitrogens with zero attached hydrogens (tertiary/aromatic N) is 2. The lowest BCUT2D eigenvalue weighted by Gasteiger charge is -2.26. The number of amides is 1. The molecule has 0 saturated carbocycles. The van der Waals surface area contributed by atoms with E-state index in [-0.39, 0.29) is 12.5 Å². The van der Waals surface area contributed by atoms with Gasteiger partial charge in [-0.15, -0.1) is 0 Å². The molecule has 1 aromatic heterocycles. The number of carbonyl (C=O) groups excluding carboxylic acids is 1. The predicted molar refractivity (Wildman–Crippen MR) is 91.3 cm³/mol. The first-order chi connectivity index (χ1) is 11.4. The van der Waals surface area contributed by atoms with E-state index in [1.54, 1.807) is 23.0 Å². The summed E-state index contributed by atoms with van der Waals surface area (Å²) >= 11 is 0. The van der Waals surface area contributed by atoms with Crippen LogP contribution >= 0.6 is 0 Å². The third-order valence-electron chi connectivity index (χ3n) is 4.60.